The molecule has 0 aromatic carbocycles. The van der Waals surface area contributed by atoms with E-state index in [4.69, 9.17) is 11.1 Å². The van der Waals surface area contributed by atoms with Gasteiger partial charge in [-0.25, -0.2) is 0 Å². The molecule has 0 radical (unpaired) electrons. The van der Waals surface area contributed by atoms with E-state index in [2.05, 4.69) is 32.2 Å². The molecular formula is C12H25ClSi. The Morgan fingerprint density at radius 3 is 2.07 bits per heavy atom. The quantitative estimate of drug-likeness (QED) is 0.229. The van der Waals surface area contributed by atoms with Crippen molar-refractivity contribution in [1.29, 1.82) is 0 Å². The van der Waals surface area contributed by atoms with Crippen LogP contribution >= 0.6 is 11.1 Å². The van der Waals surface area contributed by atoms with Gasteiger partial charge >= 0.3 is 0 Å². The van der Waals surface area contributed by atoms with Crippen molar-refractivity contribution in [1.82, 2.24) is 0 Å². The number of hydrogen-bond acceptors (Lipinski definition) is 0. The van der Waals surface area contributed by atoms with Gasteiger partial charge in [0.2, 0.25) is 0 Å². The van der Waals surface area contributed by atoms with Crippen LogP contribution in [0.4, 0.5) is 0 Å². The Balaban J connectivity index is 3.17. The lowest BCUT2D eigenvalue weighted by Gasteiger charge is -2.11. The van der Waals surface area contributed by atoms with Crippen molar-refractivity contribution < 1.29 is 0 Å². The molecule has 0 heterocycles. The molecule has 0 N–H and O–H groups in total. The highest BCUT2D eigenvalue weighted by Crippen LogP contribution is 2.18. The van der Waals surface area contributed by atoms with Gasteiger partial charge in [0, 0.05) is 0 Å². The molecular weight excluding hydrogens is 208 g/mol. The summed E-state index contributed by atoms with van der Waals surface area (Å²) in [5.41, 5.74) is 0. The first-order valence-electron chi connectivity index (χ1n) is 5.90. The number of unbranched alkanes of at least 4 members (excludes halogenated alkanes) is 4. The maximum Gasteiger partial charge on any atom is 0.150 e. The van der Waals surface area contributed by atoms with Gasteiger partial charge in [0.15, 0.2) is 0 Å². The summed E-state index contributed by atoms with van der Waals surface area (Å²) in [6, 6.07) is 1.26. The third kappa shape index (κ3) is 12.2. The van der Waals surface area contributed by atoms with Gasteiger partial charge in [-0.3, -0.25) is 0 Å². The molecule has 0 aliphatic carbocycles. The second-order valence-electron chi connectivity index (χ2n) is 4.58. The van der Waals surface area contributed by atoms with Crippen LogP contribution in [0.25, 0.3) is 0 Å². The number of hydrogen-bond donors (Lipinski definition) is 0. The van der Waals surface area contributed by atoms with Crippen molar-refractivity contribution in [2.45, 2.75) is 64.6 Å². The minimum Gasteiger partial charge on any atom is -0.168 e. The van der Waals surface area contributed by atoms with E-state index < -0.39 is 7.38 Å². The SMILES string of the molecule is CCCCC=CCCCC[Si](C)(C)Cl. The van der Waals surface area contributed by atoms with Gasteiger partial charge in [0.1, 0.15) is 7.38 Å². The molecule has 14 heavy (non-hydrogen) atoms. The lowest BCUT2D eigenvalue weighted by Crippen LogP contribution is -2.14. The normalized spacial score (nSPS) is 12.6. The Labute approximate surface area is 95.5 Å². The molecule has 0 aromatic heterocycles. The van der Waals surface area contributed by atoms with Crippen LogP contribution in [0.2, 0.25) is 19.1 Å². The van der Waals surface area contributed by atoms with Crippen LogP contribution < -0.4 is 0 Å². The van der Waals surface area contributed by atoms with Gasteiger partial charge in [-0.05, 0) is 18.9 Å². The van der Waals surface area contributed by atoms with Crippen molar-refractivity contribution in [3.63, 3.8) is 0 Å². The molecule has 0 nitrogen and oxygen atoms in total. The summed E-state index contributed by atoms with van der Waals surface area (Å²) in [7, 11) is -1.29. The van der Waals surface area contributed by atoms with E-state index in [1.807, 2.05) is 0 Å². The Bertz CT molecular complexity index is 147. The van der Waals surface area contributed by atoms with Gasteiger partial charge in [0.25, 0.3) is 0 Å². The zero-order chi connectivity index (χ0) is 10.9. The van der Waals surface area contributed by atoms with Crippen molar-refractivity contribution in [3.8, 4) is 0 Å². The van der Waals surface area contributed by atoms with Gasteiger partial charge in [0.05, 0.1) is 0 Å². The standard InChI is InChI=1S/C12H25ClSi/c1-4-5-6-7-8-9-10-11-12-14(2,3)13/h7-8H,4-6,9-12H2,1-3H3. The first-order chi connectivity index (χ1) is 6.56. The van der Waals surface area contributed by atoms with Crippen LogP contribution in [0, 0.1) is 0 Å². The highest BCUT2D eigenvalue weighted by molar-refractivity contribution is 7.19. The van der Waals surface area contributed by atoms with E-state index in [0.29, 0.717) is 0 Å². The largest absolute Gasteiger partial charge is 0.168 e. The van der Waals surface area contributed by atoms with E-state index in [9.17, 15) is 0 Å². The fraction of sp³-hybridized carbons (Fsp3) is 0.833. The predicted octanol–water partition coefficient (Wildman–Crippen LogP) is 5.35. The maximum atomic E-state index is 6.24. The highest BCUT2D eigenvalue weighted by Gasteiger charge is 2.14. The first kappa shape index (κ1) is 14.2. The number of halogens is 1. The van der Waals surface area contributed by atoms with Gasteiger partial charge in [-0.2, -0.15) is 11.1 Å². The van der Waals surface area contributed by atoms with Crippen LogP contribution in [0.3, 0.4) is 0 Å². The monoisotopic (exact) mass is 232 g/mol. The van der Waals surface area contributed by atoms with Crippen LogP contribution in [0.15, 0.2) is 12.2 Å². The molecule has 0 spiro atoms. The zero-order valence-corrected chi connectivity index (χ0v) is 11.7. The molecule has 0 saturated heterocycles. The topological polar surface area (TPSA) is 0 Å². The Kier molecular flexibility index (Phi) is 8.70. The van der Waals surface area contributed by atoms with E-state index in [1.165, 1.54) is 44.6 Å². The minimum absolute atomic E-state index is 1.24. The molecule has 0 atom stereocenters. The predicted molar refractivity (Wildman–Crippen MR) is 70.7 cm³/mol. The van der Waals surface area contributed by atoms with Crippen LogP contribution in [-0.4, -0.2) is 7.38 Å². The van der Waals surface area contributed by atoms with E-state index >= 15 is 0 Å². The lowest BCUT2D eigenvalue weighted by atomic mass is 10.2. The summed E-state index contributed by atoms with van der Waals surface area (Å²) in [6.07, 6.45) is 12.4. The van der Waals surface area contributed by atoms with Crippen LogP contribution in [0.5, 0.6) is 0 Å². The molecule has 0 aliphatic rings. The first-order valence-corrected chi connectivity index (χ1v) is 10.1. The van der Waals surface area contributed by atoms with Crippen molar-refractivity contribution in [3.05, 3.63) is 12.2 Å². The summed E-state index contributed by atoms with van der Waals surface area (Å²) < 4.78 is 0. The van der Waals surface area contributed by atoms with Crippen molar-refractivity contribution in [2.24, 2.45) is 0 Å². The summed E-state index contributed by atoms with van der Waals surface area (Å²) >= 11 is 6.24. The summed E-state index contributed by atoms with van der Waals surface area (Å²) in [6.45, 7) is 6.69. The van der Waals surface area contributed by atoms with E-state index in [1.54, 1.807) is 0 Å². The van der Waals surface area contributed by atoms with Gasteiger partial charge < -0.3 is 0 Å². The summed E-state index contributed by atoms with van der Waals surface area (Å²) in [5.74, 6) is 0. The van der Waals surface area contributed by atoms with Crippen LogP contribution in [-0.2, 0) is 0 Å². The zero-order valence-electron chi connectivity index (χ0n) is 9.98. The minimum atomic E-state index is -1.29. The molecule has 84 valence electrons. The van der Waals surface area contributed by atoms with E-state index in [-0.39, 0.29) is 0 Å². The molecule has 0 saturated carbocycles. The van der Waals surface area contributed by atoms with E-state index in [0.717, 1.165) is 0 Å². The third-order valence-corrected chi connectivity index (χ3v) is 4.39. The number of allylic oxidation sites excluding steroid dienone is 2. The molecule has 0 unspecified atom stereocenters. The van der Waals surface area contributed by atoms with Crippen molar-refractivity contribution >= 4 is 18.5 Å². The summed E-state index contributed by atoms with van der Waals surface area (Å²) in [4.78, 5) is 0. The molecule has 0 bridgehead atoms. The second kappa shape index (κ2) is 8.55. The molecule has 0 aromatic rings. The van der Waals surface area contributed by atoms with Gasteiger partial charge in [-0.1, -0.05) is 57.9 Å². The average Bonchev–Trinajstić information content (AvgIpc) is 2.08. The maximum absolute atomic E-state index is 6.24. The molecule has 2 heteroatoms. The molecule has 0 aliphatic heterocycles. The average molecular weight is 233 g/mol. The van der Waals surface area contributed by atoms with Crippen LogP contribution in [0.1, 0.15) is 45.4 Å². The Hall–Kier alpha value is 0.247. The van der Waals surface area contributed by atoms with Crippen molar-refractivity contribution in [2.75, 3.05) is 0 Å². The fourth-order valence-electron chi connectivity index (χ4n) is 1.37. The Morgan fingerprint density at radius 1 is 1.00 bits per heavy atom. The molecule has 0 rings (SSSR count). The number of rotatable bonds is 8. The lowest BCUT2D eigenvalue weighted by molar-refractivity contribution is 0.789. The molecule has 0 amide bonds. The Morgan fingerprint density at radius 2 is 1.57 bits per heavy atom. The summed E-state index contributed by atoms with van der Waals surface area (Å²) in [5, 5.41) is 0. The highest BCUT2D eigenvalue weighted by atomic mass is 35.6. The molecule has 0 fully saturated rings. The smallest absolute Gasteiger partial charge is 0.150 e. The van der Waals surface area contributed by atoms with Gasteiger partial charge in [-0.15, -0.1) is 0 Å². The second-order valence-corrected chi connectivity index (χ2v) is 11.6. The fourth-order valence-corrected chi connectivity index (χ4v) is 2.86. The third-order valence-electron chi connectivity index (χ3n) is 2.28.